The quantitative estimate of drug-likeness (QED) is 0.393. The number of nitrogens with zero attached hydrogens (tertiary/aromatic N) is 1. The van der Waals surface area contributed by atoms with Crippen LogP contribution >= 0.6 is 0 Å². The summed E-state index contributed by atoms with van der Waals surface area (Å²) in [6, 6.07) is 2.35. The van der Waals surface area contributed by atoms with Gasteiger partial charge >= 0.3 is 0 Å². The molecule has 92 valence electrons. The van der Waals surface area contributed by atoms with Crippen LogP contribution in [0.3, 0.4) is 0 Å². The summed E-state index contributed by atoms with van der Waals surface area (Å²) in [6.07, 6.45) is 9.93. The van der Waals surface area contributed by atoms with Crippen LogP contribution in [0.2, 0.25) is 0 Å². The maximum atomic E-state index is 8.89. The predicted octanol–water partition coefficient (Wildman–Crippen LogP) is 5.09. The standard InChI is InChI=1S/C15H27N/c1-5-6-7-8-9-10-15(4,11-12-16)13-14(2)3/h5,14H,1,6-11,13H2,2-4H3. The minimum Gasteiger partial charge on any atom is -0.198 e. The summed E-state index contributed by atoms with van der Waals surface area (Å²) in [4.78, 5) is 0. The Bertz CT molecular complexity index is 224. The lowest BCUT2D eigenvalue weighted by molar-refractivity contribution is 0.233. The molecule has 0 heterocycles. The predicted molar refractivity (Wildman–Crippen MR) is 71.1 cm³/mol. The van der Waals surface area contributed by atoms with Gasteiger partial charge < -0.3 is 0 Å². The molecule has 0 bridgehead atoms. The van der Waals surface area contributed by atoms with E-state index in [-0.39, 0.29) is 5.41 Å². The lowest BCUT2D eigenvalue weighted by Gasteiger charge is -2.29. The molecule has 0 amide bonds. The molecule has 0 N–H and O–H groups in total. The summed E-state index contributed by atoms with van der Waals surface area (Å²) in [6.45, 7) is 10.5. The van der Waals surface area contributed by atoms with Crippen LogP contribution in [0, 0.1) is 22.7 Å². The molecule has 0 spiro atoms. The zero-order valence-corrected chi connectivity index (χ0v) is 11.3. The summed E-state index contributed by atoms with van der Waals surface area (Å²) >= 11 is 0. The number of hydrogen-bond acceptors (Lipinski definition) is 1. The first-order valence-corrected chi connectivity index (χ1v) is 6.52. The highest BCUT2D eigenvalue weighted by Crippen LogP contribution is 2.35. The van der Waals surface area contributed by atoms with Gasteiger partial charge in [0.25, 0.3) is 0 Å². The first-order valence-electron chi connectivity index (χ1n) is 6.52. The van der Waals surface area contributed by atoms with Crippen LogP contribution in [-0.2, 0) is 0 Å². The van der Waals surface area contributed by atoms with Gasteiger partial charge in [-0.1, -0.05) is 39.7 Å². The highest BCUT2D eigenvalue weighted by Gasteiger charge is 2.24. The Morgan fingerprint density at radius 2 is 2.00 bits per heavy atom. The van der Waals surface area contributed by atoms with E-state index in [1.54, 1.807) is 0 Å². The second-order valence-corrected chi connectivity index (χ2v) is 5.63. The van der Waals surface area contributed by atoms with Crippen molar-refractivity contribution < 1.29 is 0 Å². The minimum atomic E-state index is 0.233. The van der Waals surface area contributed by atoms with Crippen molar-refractivity contribution in [1.82, 2.24) is 0 Å². The van der Waals surface area contributed by atoms with Crippen LogP contribution < -0.4 is 0 Å². The third-order valence-electron chi connectivity index (χ3n) is 3.10. The normalized spacial score (nSPS) is 14.4. The highest BCUT2D eigenvalue weighted by atomic mass is 14.3. The molecular weight excluding hydrogens is 194 g/mol. The molecule has 1 unspecified atom stereocenters. The molecule has 1 heteroatoms. The number of hydrogen-bond donors (Lipinski definition) is 0. The number of unbranched alkanes of at least 4 members (excludes halogenated alkanes) is 3. The van der Waals surface area contributed by atoms with Crippen molar-refractivity contribution in [2.45, 2.75) is 65.7 Å². The van der Waals surface area contributed by atoms with Crippen LogP contribution in [0.25, 0.3) is 0 Å². The molecule has 1 atom stereocenters. The Morgan fingerprint density at radius 1 is 1.31 bits per heavy atom. The van der Waals surface area contributed by atoms with E-state index in [0.717, 1.165) is 6.42 Å². The van der Waals surface area contributed by atoms with Crippen molar-refractivity contribution in [3.8, 4) is 6.07 Å². The molecule has 0 aliphatic heterocycles. The molecule has 0 saturated carbocycles. The van der Waals surface area contributed by atoms with Gasteiger partial charge in [-0.3, -0.25) is 0 Å². The Morgan fingerprint density at radius 3 is 2.50 bits per heavy atom. The number of allylic oxidation sites excluding steroid dienone is 1. The molecule has 0 aliphatic carbocycles. The Hall–Kier alpha value is -0.770. The van der Waals surface area contributed by atoms with E-state index in [4.69, 9.17) is 5.26 Å². The fraction of sp³-hybridized carbons (Fsp3) is 0.800. The van der Waals surface area contributed by atoms with Gasteiger partial charge in [0.05, 0.1) is 6.07 Å². The first kappa shape index (κ1) is 15.2. The number of nitriles is 1. The van der Waals surface area contributed by atoms with Gasteiger partial charge in [-0.15, -0.1) is 6.58 Å². The summed E-state index contributed by atoms with van der Waals surface area (Å²) in [7, 11) is 0. The Balaban J connectivity index is 3.93. The zero-order valence-electron chi connectivity index (χ0n) is 11.3. The molecule has 0 aromatic rings. The highest BCUT2D eigenvalue weighted by molar-refractivity contribution is 4.86. The monoisotopic (exact) mass is 221 g/mol. The van der Waals surface area contributed by atoms with Crippen LogP contribution in [0.1, 0.15) is 65.7 Å². The largest absolute Gasteiger partial charge is 0.198 e. The zero-order chi connectivity index (χ0) is 12.4. The molecule has 0 aromatic heterocycles. The molecule has 0 rings (SSSR count). The van der Waals surface area contributed by atoms with Crippen LogP contribution in [-0.4, -0.2) is 0 Å². The maximum Gasteiger partial charge on any atom is 0.0627 e. The molecule has 0 fully saturated rings. The summed E-state index contributed by atoms with van der Waals surface area (Å²) in [5, 5.41) is 8.89. The first-order chi connectivity index (χ1) is 7.54. The maximum absolute atomic E-state index is 8.89. The van der Waals surface area contributed by atoms with Crippen LogP contribution in [0.5, 0.6) is 0 Å². The second-order valence-electron chi connectivity index (χ2n) is 5.63. The van der Waals surface area contributed by atoms with Gasteiger partial charge in [0, 0.05) is 6.42 Å². The smallest absolute Gasteiger partial charge is 0.0627 e. The lowest BCUT2D eigenvalue weighted by atomic mass is 9.75. The van der Waals surface area contributed by atoms with Gasteiger partial charge in [0.2, 0.25) is 0 Å². The van der Waals surface area contributed by atoms with Gasteiger partial charge in [-0.05, 0) is 37.0 Å². The van der Waals surface area contributed by atoms with Gasteiger partial charge in [0.15, 0.2) is 0 Å². The van der Waals surface area contributed by atoms with Crippen molar-refractivity contribution in [2.24, 2.45) is 11.3 Å². The fourth-order valence-corrected chi connectivity index (χ4v) is 2.46. The average molecular weight is 221 g/mol. The van der Waals surface area contributed by atoms with Crippen LogP contribution in [0.4, 0.5) is 0 Å². The van der Waals surface area contributed by atoms with Crippen LogP contribution in [0.15, 0.2) is 12.7 Å². The van der Waals surface area contributed by atoms with E-state index in [2.05, 4.69) is 33.4 Å². The molecule has 0 radical (unpaired) electrons. The Kier molecular flexibility index (Phi) is 7.99. The van der Waals surface area contributed by atoms with Crippen molar-refractivity contribution in [1.29, 1.82) is 5.26 Å². The topological polar surface area (TPSA) is 23.8 Å². The van der Waals surface area contributed by atoms with E-state index in [0.29, 0.717) is 12.3 Å². The van der Waals surface area contributed by atoms with E-state index >= 15 is 0 Å². The van der Waals surface area contributed by atoms with Gasteiger partial charge in [0.1, 0.15) is 0 Å². The van der Waals surface area contributed by atoms with Crippen molar-refractivity contribution >= 4 is 0 Å². The van der Waals surface area contributed by atoms with E-state index in [9.17, 15) is 0 Å². The summed E-state index contributed by atoms with van der Waals surface area (Å²) in [5.74, 6) is 0.687. The fourth-order valence-electron chi connectivity index (χ4n) is 2.46. The molecule has 0 saturated heterocycles. The Labute approximate surface area is 102 Å². The van der Waals surface area contributed by atoms with Crippen molar-refractivity contribution in [3.63, 3.8) is 0 Å². The average Bonchev–Trinajstić information content (AvgIpc) is 2.16. The molecule has 0 aliphatic rings. The third kappa shape index (κ3) is 7.51. The van der Waals surface area contributed by atoms with E-state index < -0.39 is 0 Å². The van der Waals surface area contributed by atoms with Crippen molar-refractivity contribution in [3.05, 3.63) is 12.7 Å². The molecule has 16 heavy (non-hydrogen) atoms. The SMILES string of the molecule is C=CCCCCCC(C)(CC#N)CC(C)C. The molecule has 0 aromatic carbocycles. The summed E-state index contributed by atoms with van der Waals surface area (Å²) in [5.41, 5.74) is 0.233. The van der Waals surface area contributed by atoms with Crippen molar-refractivity contribution in [2.75, 3.05) is 0 Å². The molecule has 1 nitrogen and oxygen atoms in total. The number of rotatable bonds is 9. The minimum absolute atomic E-state index is 0.233. The van der Waals surface area contributed by atoms with Gasteiger partial charge in [-0.25, -0.2) is 0 Å². The summed E-state index contributed by atoms with van der Waals surface area (Å²) < 4.78 is 0. The van der Waals surface area contributed by atoms with Gasteiger partial charge in [-0.2, -0.15) is 5.26 Å². The molecular formula is C15H27N. The van der Waals surface area contributed by atoms with E-state index in [1.165, 1.54) is 32.1 Å². The lowest BCUT2D eigenvalue weighted by Crippen LogP contribution is -2.18. The second kappa shape index (κ2) is 8.39. The van der Waals surface area contributed by atoms with E-state index in [1.807, 2.05) is 6.08 Å². The third-order valence-corrected chi connectivity index (χ3v) is 3.10.